The lowest BCUT2D eigenvalue weighted by Gasteiger charge is -2.16. The molecule has 0 aromatic heterocycles. The Morgan fingerprint density at radius 2 is 2.12 bits per heavy atom. The van der Waals surface area contributed by atoms with Crippen molar-refractivity contribution in [2.24, 2.45) is 0 Å². The van der Waals surface area contributed by atoms with E-state index >= 15 is 0 Å². The van der Waals surface area contributed by atoms with E-state index in [2.05, 4.69) is 5.32 Å². The molecule has 0 saturated heterocycles. The number of hydrogen-bond donors (Lipinski definition) is 1. The van der Waals surface area contributed by atoms with E-state index in [-0.39, 0.29) is 12.0 Å². The predicted molar refractivity (Wildman–Crippen MR) is 62.3 cm³/mol. The Kier molecular flexibility index (Phi) is 3.44. The highest BCUT2D eigenvalue weighted by Crippen LogP contribution is 2.19. The Morgan fingerprint density at radius 1 is 1.44 bits per heavy atom. The molecular formula is C13H17NO2. The van der Waals surface area contributed by atoms with Crippen LogP contribution in [-0.2, 0) is 4.79 Å². The Morgan fingerprint density at radius 3 is 2.69 bits per heavy atom. The third-order valence-electron chi connectivity index (χ3n) is 2.61. The van der Waals surface area contributed by atoms with Crippen LogP contribution in [-0.4, -0.2) is 18.1 Å². The molecule has 0 spiro atoms. The topological polar surface area (TPSA) is 38.3 Å². The predicted octanol–water partition coefficient (Wildman–Crippen LogP) is 2.12. The maximum Gasteiger partial charge on any atom is 0.261 e. The van der Waals surface area contributed by atoms with E-state index in [0.717, 1.165) is 18.6 Å². The molecule has 0 aliphatic heterocycles. The van der Waals surface area contributed by atoms with Crippen molar-refractivity contribution in [3.63, 3.8) is 0 Å². The Balaban J connectivity index is 1.91. The molecule has 16 heavy (non-hydrogen) atoms. The van der Waals surface area contributed by atoms with Gasteiger partial charge in [-0.05, 0) is 31.4 Å². The molecule has 3 heteroatoms. The summed E-state index contributed by atoms with van der Waals surface area (Å²) in [6.07, 6.45) is 2.53. The zero-order valence-corrected chi connectivity index (χ0v) is 9.48. The van der Waals surface area contributed by atoms with Gasteiger partial charge >= 0.3 is 0 Å². The van der Waals surface area contributed by atoms with Crippen LogP contribution in [0.15, 0.2) is 30.3 Å². The summed E-state index contributed by atoms with van der Waals surface area (Å²) < 4.78 is 5.64. The number of hydrogen-bond acceptors (Lipinski definition) is 2. The van der Waals surface area contributed by atoms with E-state index in [1.54, 1.807) is 0 Å². The van der Waals surface area contributed by atoms with Gasteiger partial charge < -0.3 is 10.1 Å². The minimum atomic E-state index is -0.372. The normalized spacial score (nSPS) is 16.6. The highest BCUT2D eigenvalue weighted by atomic mass is 16.5. The molecular weight excluding hydrogens is 202 g/mol. The van der Waals surface area contributed by atoms with Crippen LogP contribution in [0.2, 0.25) is 0 Å². The van der Waals surface area contributed by atoms with Crippen LogP contribution in [0, 0.1) is 0 Å². The Hall–Kier alpha value is -1.51. The first-order valence-electron chi connectivity index (χ1n) is 5.81. The van der Waals surface area contributed by atoms with Crippen molar-refractivity contribution in [3.8, 4) is 5.75 Å². The van der Waals surface area contributed by atoms with Crippen LogP contribution in [0.3, 0.4) is 0 Å². The summed E-state index contributed by atoms with van der Waals surface area (Å²) in [7, 11) is 0. The van der Waals surface area contributed by atoms with Gasteiger partial charge in [0.1, 0.15) is 5.75 Å². The maximum absolute atomic E-state index is 11.8. The minimum Gasteiger partial charge on any atom is -0.481 e. The fourth-order valence-corrected chi connectivity index (χ4v) is 1.51. The first-order chi connectivity index (χ1) is 7.79. The summed E-state index contributed by atoms with van der Waals surface area (Å²) in [6, 6.07) is 9.86. The van der Waals surface area contributed by atoms with E-state index in [1.807, 2.05) is 37.3 Å². The molecule has 1 N–H and O–H groups in total. The van der Waals surface area contributed by atoms with Crippen molar-refractivity contribution >= 4 is 5.91 Å². The van der Waals surface area contributed by atoms with E-state index in [4.69, 9.17) is 4.74 Å². The van der Waals surface area contributed by atoms with Crippen molar-refractivity contribution in [2.75, 3.05) is 0 Å². The van der Waals surface area contributed by atoms with Gasteiger partial charge in [0.05, 0.1) is 0 Å². The fraction of sp³-hybridized carbons (Fsp3) is 0.462. The van der Waals surface area contributed by atoms with Gasteiger partial charge in [-0.1, -0.05) is 25.1 Å². The van der Waals surface area contributed by atoms with Crippen molar-refractivity contribution in [1.29, 1.82) is 0 Å². The minimum absolute atomic E-state index is 0.00820. The molecule has 1 amide bonds. The summed E-state index contributed by atoms with van der Waals surface area (Å²) >= 11 is 0. The van der Waals surface area contributed by atoms with Crippen LogP contribution in [0.5, 0.6) is 5.75 Å². The molecule has 1 fully saturated rings. The summed E-state index contributed by atoms with van der Waals surface area (Å²) in [6.45, 7) is 1.96. The molecule has 0 radical (unpaired) electrons. The SMILES string of the molecule is CCC(Oc1ccccc1)C(=O)NC1CC1. The molecule has 3 nitrogen and oxygen atoms in total. The lowest BCUT2D eigenvalue weighted by Crippen LogP contribution is -2.39. The van der Waals surface area contributed by atoms with Crippen LogP contribution in [0.1, 0.15) is 26.2 Å². The number of ether oxygens (including phenoxy) is 1. The van der Waals surface area contributed by atoms with Crippen LogP contribution < -0.4 is 10.1 Å². The van der Waals surface area contributed by atoms with E-state index in [1.165, 1.54) is 0 Å². The Labute approximate surface area is 95.8 Å². The third kappa shape index (κ3) is 2.99. The summed E-state index contributed by atoms with van der Waals surface area (Å²) in [5.41, 5.74) is 0. The largest absolute Gasteiger partial charge is 0.481 e. The molecule has 86 valence electrons. The van der Waals surface area contributed by atoms with Gasteiger partial charge in [0.2, 0.25) is 0 Å². The molecule has 0 heterocycles. The monoisotopic (exact) mass is 219 g/mol. The highest BCUT2D eigenvalue weighted by Gasteiger charge is 2.27. The molecule has 1 aliphatic carbocycles. The molecule has 1 aromatic carbocycles. The van der Waals surface area contributed by atoms with Gasteiger partial charge in [-0.25, -0.2) is 0 Å². The first-order valence-corrected chi connectivity index (χ1v) is 5.81. The smallest absolute Gasteiger partial charge is 0.261 e. The zero-order valence-electron chi connectivity index (χ0n) is 9.48. The second-order valence-electron chi connectivity index (χ2n) is 4.11. The Bertz CT molecular complexity index is 346. The van der Waals surface area contributed by atoms with Gasteiger partial charge in [0.15, 0.2) is 6.10 Å². The molecule has 0 bridgehead atoms. The van der Waals surface area contributed by atoms with E-state index in [9.17, 15) is 4.79 Å². The number of benzene rings is 1. The van der Waals surface area contributed by atoms with Crippen molar-refractivity contribution < 1.29 is 9.53 Å². The third-order valence-corrected chi connectivity index (χ3v) is 2.61. The van der Waals surface area contributed by atoms with Crippen molar-refractivity contribution in [2.45, 2.75) is 38.3 Å². The van der Waals surface area contributed by atoms with E-state index < -0.39 is 0 Å². The summed E-state index contributed by atoms with van der Waals surface area (Å²) in [5, 5.41) is 2.96. The summed E-state index contributed by atoms with van der Waals surface area (Å²) in [5.74, 6) is 0.758. The van der Waals surface area contributed by atoms with E-state index in [0.29, 0.717) is 12.5 Å². The van der Waals surface area contributed by atoms with Crippen LogP contribution in [0.25, 0.3) is 0 Å². The number of carbonyl (C=O) groups is 1. The quantitative estimate of drug-likeness (QED) is 0.823. The van der Waals surface area contributed by atoms with Gasteiger partial charge in [0.25, 0.3) is 5.91 Å². The van der Waals surface area contributed by atoms with Gasteiger partial charge in [-0.2, -0.15) is 0 Å². The average molecular weight is 219 g/mol. The number of carbonyl (C=O) groups excluding carboxylic acids is 1. The van der Waals surface area contributed by atoms with Crippen molar-refractivity contribution in [1.82, 2.24) is 5.32 Å². The van der Waals surface area contributed by atoms with Crippen LogP contribution in [0.4, 0.5) is 0 Å². The lowest BCUT2D eigenvalue weighted by molar-refractivity contribution is -0.128. The number of nitrogens with one attached hydrogen (secondary N) is 1. The summed E-state index contributed by atoms with van der Waals surface area (Å²) in [4.78, 5) is 11.8. The zero-order chi connectivity index (χ0) is 11.4. The second-order valence-corrected chi connectivity index (χ2v) is 4.11. The average Bonchev–Trinajstić information content (AvgIpc) is 3.11. The highest BCUT2D eigenvalue weighted by molar-refractivity contribution is 5.81. The second kappa shape index (κ2) is 5.01. The molecule has 1 atom stereocenters. The molecule has 2 rings (SSSR count). The fourth-order valence-electron chi connectivity index (χ4n) is 1.51. The number of para-hydroxylation sites is 1. The lowest BCUT2D eigenvalue weighted by atomic mass is 10.2. The standard InChI is InChI=1S/C13H17NO2/c1-2-12(13(15)14-10-8-9-10)16-11-6-4-3-5-7-11/h3-7,10,12H,2,8-9H2,1H3,(H,14,15). The van der Waals surface area contributed by atoms with Gasteiger partial charge in [-0.3, -0.25) is 4.79 Å². The first kappa shape index (κ1) is 11.0. The maximum atomic E-state index is 11.8. The molecule has 1 unspecified atom stereocenters. The molecule has 1 aliphatic rings. The van der Waals surface area contributed by atoms with Crippen LogP contribution >= 0.6 is 0 Å². The van der Waals surface area contributed by atoms with Gasteiger partial charge in [-0.15, -0.1) is 0 Å². The number of rotatable bonds is 5. The van der Waals surface area contributed by atoms with Crippen molar-refractivity contribution in [3.05, 3.63) is 30.3 Å². The van der Waals surface area contributed by atoms with Gasteiger partial charge in [0, 0.05) is 6.04 Å². The molecule has 1 aromatic rings. The number of amides is 1. The molecule has 1 saturated carbocycles.